The molecule has 23 heavy (non-hydrogen) atoms. The molecule has 3 nitrogen and oxygen atoms in total. The van der Waals surface area contributed by atoms with Crippen molar-refractivity contribution >= 4 is 5.91 Å². The maximum Gasteiger partial charge on any atom is 0.220 e. The summed E-state index contributed by atoms with van der Waals surface area (Å²) >= 11 is 0. The third-order valence-corrected chi connectivity index (χ3v) is 4.00. The zero-order valence-corrected chi connectivity index (χ0v) is 14.1. The molecule has 0 aromatic heterocycles. The minimum atomic E-state index is 0.0184. The first-order valence-corrected chi connectivity index (χ1v) is 8.14. The van der Waals surface area contributed by atoms with Crippen molar-refractivity contribution in [2.75, 3.05) is 7.11 Å². The van der Waals surface area contributed by atoms with Gasteiger partial charge in [-0.05, 0) is 36.6 Å². The Hall–Kier alpha value is -2.29. The lowest BCUT2D eigenvalue weighted by molar-refractivity contribution is -0.121. The smallest absolute Gasteiger partial charge is 0.220 e. The van der Waals surface area contributed by atoms with E-state index < -0.39 is 0 Å². The van der Waals surface area contributed by atoms with Gasteiger partial charge in [0.15, 0.2) is 0 Å². The number of rotatable bonds is 7. The molecule has 2 aromatic rings. The predicted octanol–water partition coefficient (Wildman–Crippen LogP) is 4.13. The molecule has 0 aliphatic heterocycles. The SMILES string of the molecule is CCCC(=O)N[C@H](C)[C@H](c1ccccc1)c1ccc(OC)cc1. The Morgan fingerprint density at radius 3 is 2.22 bits per heavy atom. The van der Waals surface area contributed by atoms with E-state index in [1.807, 2.05) is 37.3 Å². The molecule has 0 heterocycles. The van der Waals surface area contributed by atoms with Crippen molar-refractivity contribution in [3.05, 3.63) is 65.7 Å². The van der Waals surface area contributed by atoms with E-state index >= 15 is 0 Å². The van der Waals surface area contributed by atoms with E-state index in [1.54, 1.807) is 7.11 Å². The molecule has 3 heteroatoms. The highest BCUT2D eigenvalue weighted by Crippen LogP contribution is 2.29. The second kappa shape index (κ2) is 8.37. The van der Waals surface area contributed by atoms with E-state index in [0.29, 0.717) is 6.42 Å². The second-order valence-electron chi connectivity index (χ2n) is 5.77. The first-order chi connectivity index (χ1) is 11.2. The summed E-state index contributed by atoms with van der Waals surface area (Å²) in [6.07, 6.45) is 1.42. The molecular formula is C20H25NO2. The van der Waals surface area contributed by atoms with Gasteiger partial charge in [-0.1, -0.05) is 49.4 Å². The highest BCUT2D eigenvalue weighted by Gasteiger charge is 2.22. The molecule has 122 valence electrons. The van der Waals surface area contributed by atoms with Crippen LogP contribution in [-0.2, 0) is 4.79 Å². The minimum absolute atomic E-state index is 0.0184. The van der Waals surface area contributed by atoms with Gasteiger partial charge in [-0.15, -0.1) is 0 Å². The lowest BCUT2D eigenvalue weighted by Gasteiger charge is -2.26. The fraction of sp³-hybridized carbons (Fsp3) is 0.350. The van der Waals surface area contributed by atoms with E-state index in [0.717, 1.165) is 12.2 Å². The van der Waals surface area contributed by atoms with Crippen LogP contribution in [0.4, 0.5) is 0 Å². The molecule has 2 rings (SSSR count). The van der Waals surface area contributed by atoms with Gasteiger partial charge in [0.1, 0.15) is 5.75 Å². The number of carbonyl (C=O) groups is 1. The zero-order valence-electron chi connectivity index (χ0n) is 14.1. The number of hydrogen-bond donors (Lipinski definition) is 1. The second-order valence-corrected chi connectivity index (χ2v) is 5.77. The molecule has 0 saturated heterocycles. The maximum atomic E-state index is 12.0. The quantitative estimate of drug-likeness (QED) is 0.835. The van der Waals surface area contributed by atoms with Gasteiger partial charge in [0, 0.05) is 18.4 Å². The molecule has 1 amide bonds. The number of hydrogen-bond acceptors (Lipinski definition) is 2. The Labute approximate surface area is 138 Å². The number of nitrogens with one attached hydrogen (secondary N) is 1. The fourth-order valence-electron chi connectivity index (χ4n) is 2.88. The summed E-state index contributed by atoms with van der Waals surface area (Å²) in [6, 6.07) is 18.4. The Morgan fingerprint density at radius 2 is 1.65 bits per heavy atom. The van der Waals surface area contributed by atoms with Crippen molar-refractivity contribution in [2.24, 2.45) is 0 Å². The van der Waals surface area contributed by atoms with Gasteiger partial charge >= 0.3 is 0 Å². The van der Waals surface area contributed by atoms with Crippen molar-refractivity contribution < 1.29 is 9.53 Å². The van der Waals surface area contributed by atoms with Crippen molar-refractivity contribution in [1.82, 2.24) is 5.32 Å². The first kappa shape index (κ1) is 17.1. The van der Waals surface area contributed by atoms with Gasteiger partial charge in [0.2, 0.25) is 5.91 Å². The topological polar surface area (TPSA) is 38.3 Å². The summed E-state index contributed by atoms with van der Waals surface area (Å²) in [4.78, 5) is 12.0. The summed E-state index contributed by atoms with van der Waals surface area (Å²) in [7, 11) is 1.66. The number of amides is 1. The predicted molar refractivity (Wildman–Crippen MR) is 93.8 cm³/mol. The summed E-state index contributed by atoms with van der Waals surface area (Å²) in [6.45, 7) is 4.08. The van der Waals surface area contributed by atoms with Crippen LogP contribution in [0.15, 0.2) is 54.6 Å². The molecule has 0 spiro atoms. The normalized spacial score (nSPS) is 13.2. The Kier molecular flexibility index (Phi) is 6.21. The Bertz CT molecular complexity index is 607. The molecule has 2 aromatic carbocycles. The van der Waals surface area contributed by atoms with Gasteiger partial charge in [0.25, 0.3) is 0 Å². The lowest BCUT2D eigenvalue weighted by Crippen LogP contribution is -2.37. The van der Waals surface area contributed by atoms with Gasteiger partial charge in [-0.25, -0.2) is 0 Å². The lowest BCUT2D eigenvalue weighted by atomic mass is 9.85. The van der Waals surface area contributed by atoms with Crippen molar-refractivity contribution in [1.29, 1.82) is 0 Å². The molecule has 0 aliphatic rings. The monoisotopic (exact) mass is 311 g/mol. The Balaban J connectivity index is 2.29. The molecule has 0 bridgehead atoms. The van der Waals surface area contributed by atoms with Crippen LogP contribution in [0, 0.1) is 0 Å². The van der Waals surface area contributed by atoms with Gasteiger partial charge < -0.3 is 10.1 Å². The van der Waals surface area contributed by atoms with Gasteiger partial charge in [-0.3, -0.25) is 4.79 Å². The molecular weight excluding hydrogens is 286 g/mol. The summed E-state index contributed by atoms with van der Waals surface area (Å²) in [5.41, 5.74) is 2.36. The van der Waals surface area contributed by atoms with E-state index in [-0.39, 0.29) is 17.9 Å². The zero-order chi connectivity index (χ0) is 16.7. The van der Waals surface area contributed by atoms with Crippen molar-refractivity contribution in [2.45, 2.75) is 38.6 Å². The van der Waals surface area contributed by atoms with E-state index in [1.165, 1.54) is 11.1 Å². The average molecular weight is 311 g/mol. The molecule has 0 radical (unpaired) electrons. The maximum absolute atomic E-state index is 12.0. The number of benzene rings is 2. The van der Waals surface area contributed by atoms with E-state index in [4.69, 9.17) is 4.74 Å². The van der Waals surface area contributed by atoms with Crippen LogP contribution < -0.4 is 10.1 Å². The van der Waals surface area contributed by atoms with Crippen molar-refractivity contribution in [3.63, 3.8) is 0 Å². The van der Waals surface area contributed by atoms with E-state index in [9.17, 15) is 4.79 Å². The molecule has 2 atom stereocenters. The van der Waals surface area contributed by atoms with Crippen LogP contribution in [0.5, 0.6) is 5.75 Å². The highest BCUT2D eigenvalue weighted by molar-refractivity contribution is 5.76. The van der Waals surface area contributed by atoms with Crippen LogP contribution in [-0.4, -0.2) is 19.1 Å². The standard InChI is InChI=1S/C20H25NO2/c1-4-8-19(22)21-15(2)20(16-9-6-5-7-10-16)17-11-13-18(23-3)14-12-17/h5-7,9-15,20H,4,8H2,1-3H3,(H,21,22)/t15-,20-/m1/s1. The highest BCUT2D eigenvalue weighted by atomic mass is 16.5. The Morgan fingerprint density at radius 1 is 1.04 bits per heavy atom. The van der Waals surface area contributed by atoms with Crippen LogP contribution in [0.3, 0.4) is 0 Å². The third-order valence-electron chi connectivity index (χ3n) is 4.00. The van der Waals surface area contributed by atoms with Crippen LogP contribution in [0.1, 0.15) is 43.7 Å². The van der Waals surface area contributed by atoms with E-state index in [2.05, 4.69) is 36.5 Å². The van der Waals surface area contributed by atoms with Gasteiger partial charge in [0.05, 0.1) is 7.11 Å². The summed E-state index contributed by atoms with van der Waals surface area (Å²) < 4.78 is 5.24. The average Bonchev–Trinajstić information content (AvgIpc) is 2.57. The van der Waals surface area contributed by atoms with Crippen LogP contribution in [0.2, 0.25) is 0 Å². The summed E-state index contributed by atoms with van der Waals surface area (Å²) in [5.74, 6) is 1.06. The molecule has 1 N–H and O–H groups in total. The number of methoxy groups -OCH3 is 1. The number of carbonyl (C=O) groups excluding carboxylic acids is 1. The largest absolute Gasteiger partial charge is 0.497 e. The summed E-state index contributed by atoms with van der Waals surface area (Å²) in [5, 5.41) is 3.14. The van der Waals surface area contributed by atoms with Crippen LogP contribution >= 0.6 is 0 Å². The van der Waals surface area contributed by atoms with Crippen molar-refractivity contribution in [3.8, 4) is 5.75 Å². The molecule has 0 unspecified atom stereocenters. The number of ether oxygens (including phenoxy) is 1. The van der Waals surface area contributed by atoms with Crippen LogP contribution in [0.25, 0.3) is 0 Å². The molecule has 0 saturated carbocycles. The fourth-order valence-corrected chi connectivity index (χ4v) is 2.88. The minimum Gasteiger partial charge on any atom is -0.497 e. The molecule has 0 aliphatic carbocycles. The first-order valence-electron chi connectivity index (χ1n) is 8.14. The van der Waals surface area contributed by atoms with Gasteiger partial charge in [-0.2, -0.15) is 0 Å². The molecule has 0 fully saturated rings. The third kappa shape index (κ3) is 4.59.